The first-order valence-electron chi connectivity index (χ1n) is 11.0. The first kappa shape index (κ1) is 21.7. The lowest BCUT2D eigenvalue weighted by Gasteiger charge is -2.30. The Bertz CT molecular complexity index is 1100. The van der Waals surface area contributed by atoms with Gasteiger partial charge in [-0.15, -0.1) is 0 Å². The summed E-state index contributed by atoms with van der Waals surface area (Å²) in [5.41, 5.74) is 2.96. The van der Waals surface area contributed by atoms with Gasteiger partial charge in [-0.05, 0) is 37.0 Å². The van der Waals surface area contributed by atoms with Crippen molar-refractivity contribution in [1.29, 1.82) is 0 Å². The number of para-hydroxylation sites is 1. The minimum Gasteiger partial charge on any atom is -0.356 e. The van der Waals surface area contributed by atoms with Gasteiger partial charge in [-0.25, -0.2) is 18.1 Å². The van der Waals surface area contributed by atoms with Crippen LogP contribution in [0, 0.1) is 0 Å². The number of aromatic nitrogens is 1. The fourth-order valence-electron chi connectivity index (χ4n) is 4.02. The van der Waals surface area contributed by atoms with Crippen LogP contribution < -0.4 is 14.9 Å². The van der Waals surface area contributed by atoms with E-state index in [4.69, 9.17) is 4.98 Å². The van der Waals surface area contributed by atoms with Crippen LogP contribution in [0.15, 0.2) is 60.7 Å². The van der Waals surface area contributed by atoms with Crippen LogP contribution in [0.4, 0.5) is 5.82 Å². The van der Waals surface area contributed by atoms with Crippen LogP contribution in [0.25, 0.3) is 10.9 Å². The van der Waals surface area contributed by atoms with Gasteiger partial charge in [0.05, 0.1) is 11.3 Å². The van der Waals surface area contributed by atoms with E-state index in [0.29, 0.717) is 19.6 Å². The van der Waals surface area contributed by atoms with E-state index >= 15 is 0 Å². The summed E-state index contributed by atoms with van der Waals surface area (Å²) in [6.07, 6.45) is 3.68. The zero-order chi connectivity index (χ0) is 21.5. The first-order chi connectivity index (χ1) is 15.1. The highest BCUT2D eigenvalue weighted by atomic mass is 32.2. The molecule has 1 aliphatic rings. The summed E-state index contributed by atoms with van der Waals surface area (Å²) in [7, 11) is -3.34. The topological polar surface area (TPSA) is 74.3 Å². The summed E-state index contributed by atoms with van der Waals surface area (Å²) in [6, 6.07) is 19.6. The molecule has 4 rings (SSSR count). The van der Waals surface area contributed by atoms with Crippen molar-refractivity contribution in [3.8, 4) is 0 Å². The predicted octanol–water partition coefficient (Wildman–Crippen LogP) is 3.43. The van der Waals surface area contributed by atoms with E-state index in [2.05, 4.69) is 33.1 Å². The molecule has 0 unspecified atom stereocenters. The number of anilines is 1. The van der Waals surface area contributed by atoms with Crippen molar-refractivity contribution < 1.29 is 8.42 Å². The molecule has 0 amide bonds. The lowest BCUT2D eigenvalue weighted by atomic mass is 10.1. The number of piperidine rings is 1. The fourth-order valence-corrected chi connectivity index (χ4v) is 5.17. The van der Waals surface area contributed by atoms with Crippen LogP contribution in [0.5, 0.6) is 0 Å². The Labute approximate surface area is 184 Å². The van der Waals surface area contributed by atoms with Gasteiger partial charge in [-0.1, -0.05) is 48.5 Å². The second-order valence-corrected chi connectivity index (χ2v) is 9.83. The number of fused-ring (bicyclic) bond motifs is 1. The minimum absolute atomic E-state index is 0.00153. The van der Waals surface area contributed by atoms with E-state index in [1.165, 1.54) is 19.3 Å². The third-order valence-corrected chi connectivity index (χ3v) is 6.93. The summed E-state index contributed by atoms with van der Waals surface area (Å²) in [4.78, 5) is 7.34. The molecule has 0 aliphatic carbocycles. The van der Waals surface area contributed by atoms with Crippen LogP contribution in [0.2, 0.25) is 0 Å². The van der Waals surface area contributed by atoms with E-state index in [1.54, 1.807) is 0 Å². The third-order valence-electron chi connectivity index (χ3n) is 5.57. The van der Waals surface area contributed by atoms with Gasteiger partial charge in [0, 0.05) is 43.7 Å². The molecular formula is C24H30N4O2S. The second kappa shape index (κ2) is 10.2. The largest absolute Gasteiger partial charge is 0.356 e. The van der Waals surface area contributed by atoms with Gasteiger partial charge in [0.1, 0.15) is 5.82 Å². The zero-order valence-corrected chi connectivity index (χ0v) is 18.6. The molecule has 2 heterocycles. The molecule has 31 heavy (non-hydrogen) atoms. The lowest BCUT2D eigenvalue weighted by molar-refractivity contribution is 0.567. The molecule has 7 heteroatoms. The standard InChI is InChI=1S/C24H30N4O2S/c29-31(30,19-20-9-3-1-4-10-20)26-14-13-25-18-22-17-21-11-5-6-12-23(21)27-24(22)28-15-7-2-8-16-28/h1,3-6,9-12,17,25-26H,2,7-8,13-16,18-19H2. The molecule has 1 aromatic heterocycles. The van der Waals surface area contributed by atoms with Crippen molar-refractivity contribution in [3.05, 3.63) is 71.8 Å². The molecule has 2 N–H and O–H groups in total. The maximum absolute atomic E-state index is 12.3. The molecule has 0 radical (unpaired) electrons. The Morgan fingerprint density at radius 1 is 0.903 bits per heavy atom. The number of hydrogen-bond acceptors (Lipinski definition) is 5. The summed E-state index contributed by atoms with van der Waals surface area (Å²) in [5.74, 6) is 1.05. The quantitative estimate of drug-likeness (QED) is 0.501. The molecule has 0 saturated carbocycles. The third kappa shape index (κ3) is 6.03. The highest BCUT2D eigenvalue weighted by Gasteiger charge is 2.17. The molecule has 164 valence electrons. The molecule has 1 aliphatic heterocycles. The summed E-state index contributed by atoms with van der Waals surface area (Å²) in [6.45, 7) is 3.65. The lowest BCUT2D eigenvalue weighted by Crippen LogP contribution is -2.34. The Morgan fingerprint density at radius 2 is 1.65 bits per heavy atom. The van der Waals surface area contributed by atoms with Crippen molar-refractivity contribution >= 4 is 26.7 Å². The number of pyridine rings is 1. The zero-order valence-electron chi connectivity index (χ0n) is 17.8. The summed E-state index contributed by atoms with van der Waals surface area (Å²) in [5, 5.41) is 4.52. The van der Waals surface area contributed by atoms with Crippen LogP contribution in [0.1, 0.15) is 30.4 Å². The molecule has 3 aromatic rings. The fraction of sp³-hybridized carbons (Fsp3) is 0.375. The molecular weight excluding hydrogens is 408 g/mol. The predicted molar refractivity (Wildman–Crippen MR) is 127 cm³/mol. The van der Waals surface area contributed by atoms with Crippen molar-refractivity contribution in [2.75, 3.05) is 31.1 Å². The number of hydrogen-bond donors (Lipinski definition) is 2. The number of benzene rings is 2. The normalized spacial score (nSPS) is 14.8. The van der Waals surface area contributed by atoms with Gasteiger partial charge in [0.15, 0.2) is 0 Å². The second-order valence-electron chi connectivity index (χ2n) is 8.03. The Kier molecular flexibility index (Phi) is 7.17. The Morgan fingerprint density at radius 3 is 2.45 bits per heavy atom. The first-order valence-corrected chi connectivity index (χ1v) is 12.6. The number of nitrogens with zero attached hydrogens (tertiary/aromatic N) is 2. The maximum Gasteiger partial charge on any atom is 0.215 e. The van der Waals surface area contributed by atoms with E-state index in [1.807, 2.05) is 42.5 Å². The number of nitrogens with one attached hydrogen (secondary N) is 2. The van der Waals surface area contributed by atoms with Gasteiger partial charge in [-0.2, -0.15) is 0 Å². The molecule has 1 fully saturated rings. The van der Waals surface area contributed by atoms with Crippen LogP contribution in [-0.2, 0) is 22.3 Å². The monoisotopic (exact) mass is 438 g/mol. The SMILES string of the molecule is O=S(=O)(Cc1ccccc1)NCCNCc1cc2ccccc2nc1N1CCCCC1. The van der Waals surface area contributed by atoms with E-state index < -0.39 is 10.0 Å². The average Bonchev–Trinajstić information content (AvgIpc) is 2.79. The van der Waals surface area contributed by atoms with Crippen LogP contribution in [0.3, 0.4) is 0 Å². The van der Waals surface area contributed by atoms with Crippen molar-refractivity contribution in [2.45, 2.75) is 31.6 Å². The van der Waals surface area contributed by atoms with Crippen LogP contribution in [-0.4, -0.2) is 39.6 Å². The van der Waals surface area contributed by atoms with Gasteiger partial charge in [-0.3, -0.25) is 0 Å². The molecule has 2 aromatic carbocycles. The van der Waals surface area contributed by atoms with Gasteiger partial charge in [0.25, 0.3) is 0 Å². The highest BCUT2D eigenvalue weighted by molar-refractivity contribution is 7.88. The van der Waals surface area contributed by atoms with Crippen molar-refractivity contribution in [3.63, 3.8) is 0 Å². The summed E-state index contributed by atoms with van der Waals surface area (Å²) >= 11 is 0. The Hall–Kier alpha value is -2.48. The average molecular weight is 439 g/mol. The number of rotatable bonds is 9. The van der Waals surface area contributed by atoms with Crippen molar-refractivity contribution in [1.82, 2.24) is 15.0 Å². The molecule has 0 bridgehead atoms. The van der Waals surface area contributed by atoms with E-state index in [9.17, 15) is 8.42 Å². The number of sulfonamides is 1. The minimum atomic E-state index is -3.34. The molecule has 1 saturated heterocycles. The summed E-state index contributed by atoms with van der Waals surface area (Å²) < 4.78 is 27.3. The van der Waals surface area contributed by atoms with Crippen molar-refractivity contribution in [2.24, 2.45) is 0 Å². The van der Waals surface area contributed by atoms with Gasteiger partial charge < -0.3 is 10.2 Å². The van der Waals surface area contributed by atoms with E-state index in [0.717, 1.165) is 40.9 Å². The molecule has 6 nitrogen and oxygen atoms in total. The molecule has 0 spiro atoms. The van der Waals surface area contributed by atoms with E-state index in [-0.39, 0.29) is 5.75 Å². The molecule has 0 atom stereocenters. The smallest absolute Gasteiger partial charge is 0.215 e. The van der Waals surface area contributed by atoms with Crippen LogP contribution >= 0.6 is 0 Å². The highest BCUT2D eigenvalue weighted by Crippen LogP contribution is 2.26. The van der Waals surface area contributed by atoms with Gasteiger partial charge >= 0.3 is 0 Å². The Balaban J connectivity index is 1.36. The maximum atomic E-state index is 12.3. The van der Waals surface area contributed by atoms with Gasteiger partial charge in [0.2, 0.25) is 10.0 Å².